The van der Waals surface area contributed by atoms with Gasteiger partial charge in [-0.2, -0.15) is 0 Å². The summed E-state index contributed by atoms with van der Waals surface area (Å²) in [5.41, 5.74) is 5.06. The van der Waals surface area contributed by atoms with Crippen molar-refractivity contribution in [1.82, 2.24) is 15.0 Å². The van der Waals surface area contributed by atoms with Crippen molar-refractivity contribution in [3.8, 4) is 11.1 Å². The van der Waals surface area contributed by atoms with Crippen molar-refractivity contribution < 1.29 is 13.2 Å². The maximum Gasteiger partial charge on any atom is 0.267 e. The molecular formula is C19H18ClF3N4O. The van der Waals surface area contributed by atoms with Crippen LogP contribution in [0.3, 0.4) is 0 Å². The standard InChI is InChI=1S/C19H18ClF3N4O/c1-8(24)19(2,3)6-10-14(15-11(22)4-9(21)5-12(15)23)17(20)27-18-16(10)26-13(28)7-25-18/h4-5,7-8H,6,24H2,1-3H3,(H,26,28). The Morgan fingerprint density at radius 3 is 2.39 bits per heavy atom. The van der Waals surface area contributed by atoms with Gasteiger partial charge < -0.3 is 10.7 Å². The highest BCUT2D eigenvalue weighted by Gasteiger charge is 2.30. The molecule has 3 N–H and O–H groups in total. The molecule has 0 spiro atoms. The van der Waals surface area contributed by atoms with Crippen molar-refractivity contribution in [2.75, 3.05) is 0 Å². The molecule has 3 rings (SSSR count). The fraction of sp³-hybridized carbons (Fsp3) is 0.316. The van der Waals surface area contributed by atoms with Crippen LogP contribution in [0, 0.1) is 22.9 Å². The first-order valence-corrected chi connectivity index (χ1v) is 8.87. The number of pyridine rings is 1. The first-order valence-electron chi connectivity index (χ1n) is 8.49. The van der Waals surface area contributed by atoms with E-state index in [1.54, 1.807) is 6.92 Å². The van der Waals surface area contributed by atoms with Crippen LogP contribution in [-0.2, 0) is 6.42 Å². The average Bonchev–Trinajstić information content (AvgIpc) is 2.56. The monoisotopic (exact) mass is 410 g/mol. The Bertz CT molecular complexity index is 1110. The maximum absolute atomic E-state index is 14.5. The van der Waals surface area contributed by atoms with Gasteiger partial charge in [0.2, 0.25) is 0 Å². The van der Waals surface area contributed by atoms with Crippen LogP contribution >= 0.6 is 11.6 Å². The summed E-state index contributed by atoms with van der Waals surface area (Å²) in [6, 6.07) is 0.824. The molecule has 0 aliphatic heterocycles. The molecule has 0 bridgehead atoms. The lowest BCUT2D eigenvalue weighted by atomic mass is 9.78. The first kappa shape index (κ1) is 20.3. The Hall–Kier alpha value is -2.45. The minimum atomic E-state index is -1.13. The van der Waals surface area contributed by atoms with Gasteiger partial charge in [-0.15, -0.1) is 0 Å². The summed E-state index contributed by atoms with van der Waals surface area (Å²) < 4.78 is 42.5. The van der Waals surface area contributed by atoms with Crippen LogP contribution in [0.25, 0.3) is 22.3 Å². The summed E-state index contributed by atoms with van der Waals surface area (Å²) >= 11 is 6.27. The second-order valence-corrected chi connectivity index (χ2v) is 7.76. The molecular weight excluding hydrogens is 393 g/mol. The molecule has 0 radical (unpaired) electrons. The Balaban J connectivity index is 2.44. The van der Waals surface area contributed by atoms with E-state index in [4.69, 9.17) is 17.3 Å². The highest BCUT2D eigenvalue weighted by Crippen LogP contribution is 2.40. The van der Waals surface area contributed by atoms with Gasteiger partial charge in [0.15, 0.2) is 5.65 Å². The lowest BCUT2D eigenvalue weighted by Gasteiger charge is -2.30. The summed E-state index contributed by atoms with van der Waals surface area (Å²) in [5.74, 6) is -3.32. The summed E-state index contributed by atoms with van der Waals surface area (Å²) in [6.07, 6.45) is 1.24. The zero-order chi connectivity index (χ0) is 20.8. The van der Waals surface area contributed by atoms with E-state index in [2.05, 4.69) is 15.0 Å². The van der Waals surface area contributed by atoms with Crippen molar-refractivity contribution in [2.45, 2.75) is 33.2 Å². The number of nitrogens with two attached hydrogens (primary N) is 1. The third-order valence-corrected chi connectivity index (χ3v) is 5.19. The SMILES string of the molecule is CC(N)C(C)(C)Cc1c(-c2c(F)cc(F)cc2F)c(Cl)nc2ncc(=O)[nH]c12. The second kappa shape index (κ2) is 7.18. The predicted molar refractivity (Wildman–Crippen MR) is 102 cm³/mol. The second-order valence-electron chi connectivity index (χ2n) is 7.40. The van der Waals surface area contributed by atoms with Crippen LogP contribution in [0.2, 0.25) is 5.15 Å². The predicted octanol–water partition coefficient (Wildman–Crippen LogP) is 3.97. The zero-order valence-corrected chi connectivity index (χ0v) is 16.2. The van der Waals surface area contributed by atoms with E-state index in [1.807, 2.05) is 13.8 Å². The molecule has 1 atom stereocenters. The molecule has 3 aromatic rings. The van der Waals surface area contributed by atoms with E-state index in [0.29, 0.717) is 17.7 Å². The average molecular weight is 411 g/mol. The number of aromatic amines is 1. The minimum Gasteiger partial charge on any atom is -0.327 e. The van der Waals surface area contributed by atoms with Gasteiger partial charge in [-0.1, -0.05) is 25.4 Å². The van der Waals surface area contributed by atoms with E-state index in [0.717, 1.165) is 6.20 Å². The number of rotatable bonds is 4. The number of nitrogens with zero attached hydrogens (tertiary/aromatic N) is 2. The fourth-order valence-electron chi connectivity index (χ4n) is 2.92. The van der Waals surface area contributed by atoms with E-state index in [1.165, 1.54) is 0 Å². The van der Waals surface area contributed by atoms with E-state index in [9.17, 15) is 18.0 Å². The van der Waals surface area contributed by atoms with Crippen molar-refractivity contribution >= 4 is 22.8 Å². The molecule has 0 aliphatic carbocycles. The van der Waals surface area contributed by atoms with E-state index >= 15 is 0 Å². The van der Waals surface area contributed by atoms with Gasteiger partial charge in [0.05, 0.1) is 17.3 Å². The lowest BCUT2D eigenvalue weighted by Crippen LogP contribution is -2.36. The van der Waals surface area contributed by atoms with Crippen LogP contribution in [0.4, 0.5) is 13.2 Å². The smallest absolute Gasteiger partial charge is 0.267 e. The van der Waals surface area contributed by atoms with Gasteiger partial charge in [-0.3, -0.25) is 4.79 Å². The Labute approximate surface area is 163 Å². The molecule has 2 aromatic heterocycles. The first-order chi connectivity index (χ1) is 13.0. The summed E-state index contributed by atoms with van der Waals surface area (Å²) in [6.45, 7) is 5.53. The number of H-pyrrole nitrogens is 1. The van der Waals surface area contributed by atoms with E-state index in [-0.39, 0.29) is 34.3 Å². The zero-order valence-electron chi connectivity index (χ0n) is 15.4. The topological polar surface area (TPSA) is 84.7 Å². The van der Waals surface area contributed by atoms with Crippen LogP contribution in [-0.4, -0.2) is 21.0 Å². The lowest BCUT2D eigenvalue weighted by molar-refractivity contribution is 0.300. The van der Waals surface area contributed by atoms with Gasteiger partial charge in [0, 0.05) is 23.7 Å². The Morgan fingerprint density at radius 2 is 1.82 bits per heavy atom. The van der Waals surface area contributed by atoms with Crippen LogP contribution in [0.15, 0.2) is 23.1 Å². The Morgan fingerprint density at radius 1 is 1.21 bits per heavy atom. The molecule has 1 unspecified atom stereocenters. The van der Waals surface area contributed by atoms with Crippen molar-refractivity contribution in [1.29, 1.82) is 0 Å². The van der Waals surface area contributed by atoms with Gasteiger partial charge in [0.1, 0.15) is 22.6 Å². The van der Waals surface area contributed by atoms with Gasteiger partial charge in [-0.05, 0) is 24.3 Å². The highest BCUT2D eigenvalue weighted by molar-refractivity contribution is 6.33. The molecule has 2 heterocycles. The Kier molecular flexibility index (Phi) is 5.20. The van der Waals surface area contributed by atoms with Crippen molar-refractivity contribution in [3.05, 3.63) is 56.9 Å². The molecule has 0 aliphatic rings. The summed E-state index contributed by atoms with van der Waals surface area (Å²) in [4.78, 5) is 22.5. The molecule has 0 amide bonds. The molecule has 0 saturated heterocycles. The van der Waals surface area contributed by atoms with E-state index < -0.39 is 34.0 Å². The normalized spacial score (nSPS) is 13.1. The summed E-state index contributed by atoms with van der Waals surface area (Å²) in [7, 11) is 0. The third-order valence-electron chi connectivity index (χ3n) is 4.91. The van der Waals surface area contributed by atoms with Gasteiger partial charge in [-0.25, -0.2) is 23.1 Å². The molecule has 9 heteroatoms. The number of hydrogen-bond donors (Lipinski definition) is 2. The molecule has 0 fully saturated rings. The van der Waals surface area contributed by atoms with Crippen LogP contribution in [0.1, 0.15) is 26.3 Å². The van der Waals surface area contributed by atoms with Crippen LogP contribution < -0.4 is 11.3 Å². The third kappa shape index (κ3) is 3.62. The van der Waals surface area contributed by atoms with Gasteiger partial charge >= 0.3 is 0 Å². The fourth-order valence-corrected chi connectivity index (χ4v) is 3.21. The number of nitrogens with one attached hydrogen (secondary N) is 1. The quantitative estimate of drug-likeness (QED) is 0.637. The molecule has 5 nitrogen and oxygen atoms in total. The largest absolute Gasteiger partial charge is 0.327 e. The minimum absolute atomic E-state index is 0.0680. The number of aromatic nitrogens is 3. The number of halogens is 4. The number of hydrogen-bond acceptors (Lipinski definition) is 4. The molecule has 0 saturated carbocycles. The van der Waals surface area contributed by atoms with Crippen molar-refractivity contribution in [2.24, 2.45) is 11.1 Å². The number of fused-ring (bicyclic) bond motifs is 1. The number of benzene rings is 1. The molecule has 28 heavy (non-hydrogen) atoms. The van der Waals surface area contributed by atoms with Crippen molar-refractivity contribution in [3.63, 3.8) is 0 Å². The van der Waals surface area contributed by atoms with Gasteiger partial charge in [0.25, 0.3) is 5.56 Å². The summed E-state index contributed by atoms with van der Waals surface area (Å²) in [5, 5.41) is -0.216. The molecule has 148 valence electrons. The maximum atomic E-state index is 14.5. The highest BCUT2D eigenvalue weighted by atomic mass is 35.5. The molecule has 1 aromatic carbocycles. The van der Waals surface area contributed by atoms with Crippen LogP contribution in [0.5, 0.6) is 0 Å².